The standard InChI is InChI=1S/C19H20FN3O6S/c1-12(23-30(27,28)17-6-4-3-5-16(17)20)19(26)29-11-18(25)22-15-9-7-14(8-10-15)21-13(2)24/h3-10,12,23H,11H2,1-2H3,(H,21,24)(H,22,25)/t12-/m0/s1. The maximum absolute atomic E-state index is 13.7. The van der Waals surface area contributed by atoms with E-state index in [0.29, 0.717) is 11.4 Å². The Balaban J connectivity index is 1.86. The van der Waals surface area contributed by atoms with Gasteiger partial charge in [-0.05, 0) is 43.3 Å². The molecule has 0 aliphatic carbocycles. The summed E-state index contributed by atoms with van der Waals surface area (Å²) < 4.78 is 44.8. The van der Waals surface area contributed by atoms with Gasteiger partial charge >= 0.3 is 5.97 Å². The van der Waals surface area contributed by atoms with Gasteiger partial charge in [-0.3, -0.25) is 14.4 Å². The minimum Gasteiger partial charge on any atom is -0.454 e. The fourth-order valence-electron chi connectivity index (χ4n) is 2.31. The molecule has 2 rings (SSSR count). The average Bonchev–Trinajstić information content (AvgIpc) is 2.67. The molecule has 0 saturated heterocycles. The van der Waals surface area contributed by atoms with E-state index in [0.717, 1.165) is 12.1 Å². The second-order valence-corrected chi connectivity index (χ2v) is 7.87. The van der Waals surface area contributed by atoms with Crippen LogP contribution in [-0.2, 0) is 29.1 Å². The van der Waals surface area contributed by atoms with Gasteiger partial charge in [-0.2, -0.15) is 4.72 Å². The van der Waals surface area contributed by atoms with Crippen molar-refractivity contribution in [1.29, 1.82) is 0 Å². The van der Waals surface area contributed by atoms with Crippen LogP contribution in [0.2, 0.25) is 0 Å². The molecule has 0 aromatic heterocycles. The molecule has 3 N–H and O–H groups in total. The van der Waals surface area contributed by atoms with Crippen LogP contribution in [0.15, 0.2) is 53.4 Å². The van der Waals surface area contributed by atoms with Crippen molar-refractivity contribution in [2.75, 3.05) is 17.2 Å². The van der Waals surface area contributed by atoms with Crippen LogP contribution in [0.3, 0.4) is 0 Å². The van der Waals surface area contributed by atoms with Gasteiger partial charge in [0.25, 0.3) is 5.91 Å². The van der Waals surface area contributed by atoms with E-state index in [-0.39, 0.29) is 5.91 Å². The SMILES string of the molecule is CC(=O)Nc1ccc(NC(=O)COC(=O)[C@H](C)NS(=O)(=O)c2ccccc2F)cc1. The highest BCUT2D eigenvalue weighted by Crippen LogP contribution is 2.15. The zero-order valence-corrected chi connectivity index (χ0v) is 17.0. The van der Waals surface area contributed by atoms with Gasteiger partial charge in [0.05, 0.1) is 0 Å². The van der Waals surface area contributed by atoms with Crippen LogP contribution in [0, 0.1) is 5.82 Å². The van der Waals surface area contributed by atoms with E-state index in [9.17, 15) is 27.2 Å². The largest absolute Gasteiger partial charge is 0.454 e. The number of ether oxygens (including phenoxy) is 1. The van der Waals surface area contributed by atoms with Crippen molar-refractivity contribution >= 4 is 39.2 Å². The van der Waals surface area contributed by atoms with Crippen molar-refractivity contribution in [1.82, 2.24) is 4.72 Å². The molecule has 0 fully saturated rings. The zero-order valence-electron chi connectivity index (χ0n) is 16.1. The molecule has 0 saturated carbocycles. The van der Waals surface area contributed by atoms with Gasteiger partial charge in [0.2, 0.25) is 15.9 Å². The van der Waals surface area contributed by atoms with E-state index in [1.807, 2.05) is 4.72 Å². The lowest BCUT2D eigenvalue weighted by Crippen LogP contribution is -2.40. The first-order valence-corrected chi connectivity index (χ1v) is 10.2. The average molecular weight is 437 g/mol. The number of hydrogen-bond acceptors (Lipinski definition) is 6. The number of rotatable bonds is 8. The second kappa shape index (κ2) is 9.94. The van der Waals surface area contributed by atoms with Crippen LogP contribution in [0.4, 0.5) is 15.8 Å². The summed E-state index contributed by atoms with van der Waals surface area (Å²) in [7, 11) is -4.29. The Labute approximate surface area is 172 Å². The molecule has 2 aromatic rings. The van der Waals surface area contributed by atoms with E-state index >= 15 is 0 Å². The molecule has 0 unspecified atom stereocenters. The molecule has 0 bridgehead atoms. The lowest BCUT2D eigenvalue weighted by atomic mass is 10.2. The molecular weight excluding hydrogens is 417 g/mol. The molecule has 0 radical (unpaired) electrons. The topological polar surface area (TPSA) is 131 Å². The van der Waals surface area contributed by atoms with Gasteiger partial charge in [0, 0.05) is 18.3 Å². The number of hydrogen-bond donors (Lipinski definition) is 3. The summed E-state index contributed by atoms with van der Waals surface area (Å²) in [6, 6.07) is 9.58. The Hall–Kier alpha value is -3.31. The van der Waals surface area contributed by atoms with E-state index in [1.54, 1.807) is 12.1 Å². The van der Waals surface area contributed by atoms with Crippen molar-refractivity contribution in [3.63, 3.8) is 0 Å². The molecule has 2 aromatic carbocycles. The molecule has 160 valence electrons. The van der Waals surface area contributed by atoms with E-state index in [4.69, 9.17) is 4.74 Å². The molecule has 30 heavy (non-hydrogen) atoms. The van der Waals surface area contributed by atoms with Gasteiger partial charge in [0.1, 0.15) is 16.8 Å². The van der Waals surface area contributed by atoms with Crippen LogP contribution in [-0.4, -0.2) is 38.9 Å². The van der Waals surface area contributed by atoms with Crippen LogP contribution in [0.5, 0.6) is 0 Å². The molecule has 0 spiro atoms. The molecular formula is C19H20FN3O6S. The first-order chi connectivity index (χ1) is 14.1. The Kier molecular flexibility index (Phi) is 7.61. The summed E-state index contributed by atoms with van der Waals surface area (Å²) >= 11 is 0. The maximum Gasteiger partial charge on any atom is 0.324 e. The van der Waals surface area contributed by atoms with Crippen molar-refractivity contribution < 1.29 is 31.9 Å². The molecule has 9 nitrogen and oxygen atoms in total. The highest BCUT2D eigenvalue weighted by atomic mass is 32.2. The summed E-state index contributed by atoms with van der Waals surface area (Å²) in [6.45, 7) is 1.92. The van der Waals surface area contributed by atoms with Gasteiger partial charge in [-0.15, -0.1) is 0 Å². The van der Waals surface area contributed by atoms with Crippen molar-refractivity contribution in [2.24, 2.45) is 0 Å². The Morgan fingerprint density at radius 3 is 2.13 bits per heavy atom. The van der Waals surface area contributed by atoms with Gasteiger partial charge in [-0.1, -0.05) is 12.1 Å². The van der Waals surface area contributed by atoms with E-state index in [2.05, 4.69) is 10.6 Å². The van der Waals surface area contributed by atoms with Crippen LogP contribution in [0.25, 0.3) is 0 Å². The molecule has 2 amide bonds. The van der Waals surface area contributed by atoms with Crippen molar-refractivity contribution in [3.8, 4) is 0 Å². The molecule has 1 atom stereocenters. The fraction of sp³-hybridized carbons (Fsp3) is 0.211. The number of sulfonamides is 1. The third kappa shape index (κ3) is 6.64. The highest BCUT2D eigenvalue weighted by Gasteiger charge is 2.25. The highest BCUT2D eigenvalue weighted by molar-refractivity contribution is 7.89. The predicted octanol–water partition coefficient (Wildman–Crippen LogP) is 1.63. The van der Waals surface area contributed by atoms with Gasteiger partial charge < -0.3 is 15.4 Å². The normalized spacial score (nSPS) is 12.0. The first-order valence-electron chi connectivity index (χ1n) is 8.69. The molecule has 0 aliphatic rings. The Bertz CT molecular complexity index is 1040. The molecule has 11 heteroatoms. The number of anilines is 2. The van der Waals surface area contributed by atoms with Gasteiger partial charge in [-0.25, -0.2) is 12.8 Å². The molecule has 0 aliphatic heterocycles. The third-order valence-electron chi connectivity index (χ3n) is 3.65. The Morgan fingerprint density at radius 1 is 1.00 bits per heavy atom. The summed E-state index contributed by atoms with van der Waals surface area (Å²) in [4.78, 5) is 34.3. The third-order valence-corrected chi connectivity index (χ3v) is 5.22. The van der Waals surface area contributed by atoms with E-state index < -0.39 is 45.3 Å². The predicted molar refractivity (Wildman–Crippen MR) is 107 cm³/mol. The fourth-order valence-corrected chi connectivity index (χ4v) is 3.58. The zero-order chi connectivity index (χ0) is 22.3. The van der Waals surface area contributed by atoms with Crippen LogP contribution in [0.1, 0.15) is 13.8 Å². The second-order valence-electron chi connectivity index (χ2n) is 6.19. The first kappa shape index (κ1) is 23.0. The maximum atomic E-state index is 13.7. The summed E-state index contributed by atoms with van der Waals surface area (Å²) in [5.74, 6) is -2.86. The van der Waals surface area contributed by atoms with Crippen LogP contribution >= 0.6 is 0 Å². The lowest BCUT2D eigenvalue weighted by molar-refractivity contribution is -0.148. The quantitative estimate of drug-likeness (QED) is 0.538. The number of halogens is 1. The number of carbonyl (C=O) groups is 3. The smallest absolute Gasteiger partial charge is 0.324 e. The van der Waals surface area contributed by atoms with E-state index in [1.165, 1.54) is 38.1 Å². The summed E-state index contributed by atoms with van der Waals surface area (Å²) in [5.41, 5.74) is 0.946. The Morgan fingerprint density at radius 2 is 1.57 bits per heavy atom. The molecule has 0 heterocycles. The lowest BCUT2D eigenvalue weighted by Gasteiger charge is -2.14. The monoisotopic (exact) mass is 437 g/mol. The summed E-state index contributed by atoms with van der Waals surface area (Å²) in [5, 5.41) is 5.05. The van der Waals surface area contributed by atoms with Crippen LogP contribution < -0.4 is 15.4 Å². The number of carbonyl (C=O) groups excluding carboxylic acids is 3. The van der Waals surface area contributed by atoms with Crippen molar-refractivity contribution in [3.05, 3.63) is 54.3 Å². The minimum atomic E-state index is -4.29. The number of amides is 2. The summed E-state index contributed by atoms with van der Waals surface area (Å²) in [6.07, 6.45) is 0. The van der Waals surface area contributed by atoms with Crippen molar-refractivity contribution in [2.45, 2.75) is 24.8 Å². The number of benzene rings is 2. The minimum absolute atomic E-state index is 0.238. The number of nitrogens with one attached hydrogen (secondary N) is 3. The van der Waals surface area contributed by atoms with Gasteiger partial charge in [0.15, 0.2) is 6.61 Å². The number of esters is 1.